The van der Waals surface area contributed by atoms with Crippen LogP contribution in [-0.2, 0) is 14.2 Å². The van der Waals surface area contributed by atoms with Crippen molar-refractivity contribution >= 4 is 23.2 Å². The molecular weight excluding hydrogens is 342 g/mol. The van der Waals surface area contributed by atoms with Crippen molar-refractivity contribution in [2.45, 2.75) is 45.5 Å². The van der Waals surface area contributed by atoms with Crippen LogP contribution in [-0.4, -0.2) is 54.1 Å². The van der Waals surface area contributed by atoms with Gasteiger partial charge in [-0.25, -0.2) is 4.79 Å². The summed E-state index contributed by atoms with van der Waals surface area (Å²) in [4.78, 5) is 15.4. The SMILES string of the molecule is C=C(OCC)c1ccc(C(O)C2CN(C(=O)OC(C)(C)C)CCO2)s1. The van der Waals surface area contributed by atoms with Gasteiger partial charge in [0, 0.05) is 11.4 Å². The molecule has 1 amide bonds. The first-order chi connectivity index (χ1) is 11.7. The Hall–Kier alpha value is -1.57. The Labute approximate surface area is 153 Å². The number of rotatable bonds is 5. The van der Waals surface area contributed by atoms with Crippen LogP contribution in [0.2, 0.25) is 0 Å². The fourth-order valence-corrected chi connectivity index (χ4v) is 3.42. The van der Waals surface area contributed by atoms with Crippen LogP contribution in [0.15, 0.2) is 18.7 Å². The first-order valence-corrected chi connectivity index (χ1v) is 9.22. The average Bonchev–Trinajstić information content (AvgIpc) is 3.03. The quantitative estimate of drug-likeness (QED) is 0.806. The van der Waals surface area contributed by atoms with Gasteiger partial charge in [-0.15, -0.1) is 11.3 Å². The summed E-state index contributed by atoms with van der Waals surface area (Å²) in [5, 5.41) is 10.6. The Morgan fingerprint density at radius 1 is 1.52 bits per heavy atom. The van der Waals surface area contributed by atoms with E-state index in [1.807, 2.05) is 39.8 Å². The van der Waals surface area contributed by atoms with Crippen molar-refractivity contribution in [2.24, 2.45) is 0 Å². The molecule has 0 aromatic carbocycles. The molecule has 1 saturated heterocycles. The van der Waals surface area contributed by atoms with E-state index in [1.54, 1.807) is 4.90 Å². The van der Waals surface area contributed by atoms with Crippen molar-refractivity contribution in [1.29, 1.82) is 0 Å². The van der Waals surface area contributed by atoms with Gasteiger partial charge in [-0.3, -0.25) is 0 Å². The van der Waals surface area contributed by atoms with E-state index in [-0.39, 0.29) is 12.6 Å². The number of aliphatic hydroxyl groups excluding tert-OH is 1. The summed E-state index contributed by atoms with van der Waals surface area (Å²) in [7, 11) is 0. The largest absolute Gasteiger partial charge is 0.493 e. The van der Waals surface area contributed by atoms with E-state index in [0.717, 1.165) is 9.75 Å². The van der Waals surface area contributed by atoms with Crippen LogP contribution in [0.25, 0.3) is 5.76 Å². The van der Waals surface area contributed by atoms with Crippen molar-refractivity contribution in [3.63, 3.8) is 0 Å². The molecule has 1 N–H and O–H groups in total. The standard InChI is InChI=1S/C18H27NO5S/c1-6-22-12(2)14-7-8-15(25-14)16(20)13-11-19(9-10-23-13)17(21)24-18(3,4)5/h7-8,13,16,20H,2,6,9-11H2,1,3-5H3. The third kappa shape index (κ3) is 5.45. The maximum atomic E-state index is 12.2. The summed E-state index contributed by atoms with van der Waals surface area (Å²) in [6, 6.07) is 3.71. The number of ether oxygens (including phenoxy) is 3. The highest BCUT2D eigenvalue weighted by atomic mass is 32.1. The molecule has 2 rings (SSSR count). The fraction of sp³-hybridized carbons (Fsp3) is 0.611. The molecule has 2 unspecified atom stereocenters. The maximum absolute atomic E-state index is 12.2. The lowest BCUT2D eigenvalue weighted by Gasteiger charge is -2.35. The van der Waals surface area contributed by atoms with Gasteiger partial charge in [-0.05, 0) is 39.8 Å². The zero-order chi connectivity index (χ0) is 18.6. The van der Waals surface area contributed by atoms with E-state index in [4.69, 9.17) is 14.2 Å². The number of carbonyl (C=O) groups excluding carboxylic acids is 1. The number of aliphatic hydroxyl groups is 1. The van der Waals surface area contributed by atoms with E-state index in [9.17, 15) is 9.90 Å². The van der Waals surface area contributed by atoms with E-state index in [1.165, 1.54) is 11.3 Å². The number of nitrogens with zero attached hydrogens (tertiary/aromatic N) is 1. The van der Waals surface area contributed by atoms with Gasteiger partial charge in [0.15, 0.2) is 0 Å². The second kappa shape index (κ2) is 8.21. The van der Waals surface area contributed by atoms with Crippen molar-refractivity contribution < 1.29 is 24.1 Å². The summed E-state index contributed by atoms with van der Waals surface area (Å²) in [5.41, 5.74) is -0.550. The van der Waals surface area contributed by atoms with Crippen molar-refractivity contribution in [3.8, 4) is 0 Å². The molecule has 25 heavy (non-hydrogen) atoms. The van der Waals surface area contributed by atoms with Crippen LogP contribution < -0.4 is 0 Å². The minimum Gasteiger partial charge on any atom is -0.493 e. The van der Waals surface area contributed by atoms with Crippen LogP contribution in [0.3, 0.4) is 0 Å². The van der Waals surface area contributed by atoms with Gasteiger partial charge in [0.25, 0.3) is 0 Å². The zero-order valence-corrected chi connectivity index (χ0v) is 16.1. The highest BCUT2D eigenvalue weighted by molar-refractivity contribution is 7.13. The highest BCUT2D eigenvalue weighted by Gasteiger charge is 2.33. The molecule has 2 heterocycles. The first-order valence-electron chi connectivity index (χ1n) is 8.40. The summed E-state index contributed by atoms with van der Waals surface area (Å²) in [5.74, 6) is 0.589. The smallest absolute Gasteiger partial charge is 0.410 e. The number of thiophene rings is 1. The van der Waals surface area contributed by atoms with Gasteiger partial charge in [0.1, 0.15) is 23.6 Å². The molecule has 2 atom stereocenters. The molecule has 7 heteroatoms. The molecule has 140 valence electrons. The summed E-state index contributed by atoms with van der Waals surface area (Å²) < 4.78 is 16.5. The third-order valence-electron chi connectivity index (χ3n) is 3.61. The van der Waals surface area contributed by atoms with Crippen LogP contribution in [0.1, 0.15) is 43.6 Å². The number of morpholine rings is 1. The van der Waals surface area contributed by atoms with Crippen molar-refractivity contribution in [2.75, 3.05) is 26.3 Å². The Bertz CT molecular complexity index is 607. The zero-order valence-electron chi connectivity index (χ0n) is 15.3. The predicted octanol–water partition coefficient (Wildman–Crippen LogP) is 3.42. The average molecular weight is 369 g/mol. The fourth-order valence-electron chi connectivity index (χ4n) is 2.45. The molecule has 1 fully saturated rings. The molecule has 0 bridgehead atoms. The lowest BCUT2D eigenvalue weighted by Crippen LogP contribution is -2.49. The summed E-state index contributed by atoms with van der Waals surface area (Å²) in [6.07, 6.45) is -1.70. The molecule has 0 radical (unpaired) electrons. The third-order valence-corrected chi connectivity index (χ3v) is 4.81. The molecular formula is C18H27NO5S. The Morgan fingerprint density at radius 2 is 2.24 bits per heavy atom. The molecule has 1 aromatic heterocycles. The highest BCUT2D eigenvalue weighted by Crippen LogP contribution is 2.31. The molecule has 0 saturated carbocycles. The minimum atomic E-state index is -0.821. The van der Waals surface area contributed by atoms with Gasteiger partial charge in [-0.1, -0.05) is 6.58 Å². The number of hydrogen-bond acceptors (Lipinski definition) is 6. The first kappa shape index (κ1) is 19.8. The van der Waals surface area contributed by atoms with Gasteiger partial charge in [0.05, 0.1) is 24.6 Å². The molecule has 6 nitrogen and oxygen atoms in total. The van der Waals surface area contributed by atoms with Crippen LogP contribution >= 0.6 is 11.3 Å². The van der Waals surface area contributed by atoms with E-state index < -0.39 is 17.8 Å². The number of amides is 1. The molecule has 1 aliphatic heterocycles. The van der Waals surface area contributed by atoms with Gasteiger partial charge >= 0.3 is 6.09 Å². The molecule has 0 spiro atoms. The topological polar surface area (TPSA) is 68.2 Å². The lowest BCUT2D eigenvalue weighted by molar-refractivity contribution is -0.0898. The Kier molecular flexibility index (Phi) is 6.48. The van der Waals surface area contributed by atoms with Crippen molar-refractivity contribution in [1.82, 2.24) is 4.90 Å². The van der Waals surface area contributed by atoms with Gasteiger partial charge in [0.2, 0.25) is 0 Å². The normalized spacial score (nSPS) is 19.4. The second-order valence-electron chi connectivity index (χ2n) is 6.84. The van der Waals surface area contributed by atoms with Crippen molar-refractivity contribution in [3.05, 3.63) is 28.5 Å². The Balaban J connectivity index is 2.00. The monoisotopic (exact) mass is 369 g/mol. The Morgan fingerprint density at radius 3 is 2.88 bits per heavy atom. The summed E-state index contributed by atoms with van der Waals surface area (Å²) in [6.45, 7) is 12.9. The summed E-state index contributed by atoms with van der Waals surface area (Å²) >= 11 is 1.41. The second-order valence-corrected chi connectivity index (χ2v) is 7.95. The maximum Gasteiger partial charge on any atom is 0.410 e. The molecule has 1 aromatic rings. The molecule has 1 aliphatic rings. The number of hydrogen-bond donors (Lipinski definition) is 1. The minimum absolute atomic E-state index is 0.287. The predicted molar refractivity (Wildman–Crippen MR) is 97.5 cm³/mol. The van der Waals surface area contributed by atoms with Crippen LogP contribution in [0.4, 0.5) is 4.79 Å². The van der Waals surface area contributed by atoms with Crippen LogP contribution in [0, 0.1) is 0 Å². The number of carbonyl (C=O) groups is 1. The van der Waals surface area contributed by atoms with E-state index in [2.05, 4.69) is 6.58 Å². The van der Waals surface area contributed by atoms with Gasteiger partial charge in [-0.2, -0.15) is 0 Å². The van der Waals surface area contributed by atoms with Gasteiger partial charge < -0.3 is 24.2 Å². The van der Waals surface area contributed by atoms with E-state index >= 15 is 0 Å². The van der Waals surface area contributed by atoms with E-state index in [0.29, 0.717) is 25.5 Å². The molecule has 0 aliphatic carbocycles. The van der Waals surface area contributed by atoms with Crippen LogP contribution in [0.5, 0.6) is 0 Å². The lowest BCUT2D eigenvalue weighted by atomic mass is 10.1.